The quantitative estimate of drug-likeness (QED) is 0.0807. The Bertz CT molecular complexity index is 2470. The number of nitrogens with two attached hydrogens (primary N) is 1. The molecule has 2 aliphatic heterocycles. The molecule has 0 radical (unpaired) electrons. The lowest BCUT2D eigenvalue weighted by Crippen LogP contribution is -2.41. The topological polar surface area (TPSA) is 186 Å². The van der Waals surface area contributed by atoms with E-state index >= 15 is 0 Å². The largest absolute Gasteiger partial charge is 0.438 e. The number of amides is 3. The van der Waals surface area contributed by atoms with Crippen LogP contribution in [-0.2, 0) is 14.9 Å². The van der Waals surface area contributed by atoms with Gasteiger partial charge in [-0.25, -0.2) is 14.5 Å². The van der Waals surface area contributed by atoms with Crippen molar-refractivity contribution in [3.8, 4) is 17.3 Å². The molecule has 2 saturated heterocycles. The van der Waals surface area contributed by atoms with Gasteiger partial charge < -0.3 is 35.9 Å². The first kappa shape index (κ1) is 45.6. The van der Waals surface area contributed by atoms with Gasteiger partial charge in [0.2, 0.25) is 11.8 Å². The van der Waals surface area contributed by atoms with Crippen LogP contribution in [0.15, 0.2) is 103 Å². The van der Waals surface area contributed by atoms with Crippen LogP contribution in [0, 0.1) is 6.92 Å². The predicted octanol–water partition coefficient (Wildman–Crippen LogP) is 6.94. The Morgan fingerprint density at radius 2 is 1.50 bits per heavy atom. The number of urea groups is 1. The Balaban J connectivity index is 0.000000607. The number of fused-ring (bicyclic) bond motifs is 1. The minimum atomic E-state index is -0.409. The van der Waals surface area contributed by atoms with Gasteiger partial charge in [0.25, 0.3) is 5.91 Å². The van der Waals surface area contributed by atoms with Crippen molar-refractivity contribution in [2.24, 2.45) is 5.73 Å². The van der Waals surface area contributed by atoms with Gasteiger partial charge in [0.1, 0.15) is 11.6 Å². The summed E-state index contributed by atoms with van der Waals surface area (Å²) in [5.74, 6) is 1.58. The van der Waals surface area contributed by atoms with Crippen LogP contribution in [0.25, 0.3) is 16.5 Å². The van der Waals surface area contributed by atoms with E-state index in [0.717, 1.165) is 100.0 Å². The highest BCUT2D eigenvalue weighted by Gasteiger charge is 2.22. The van der Waals surface area contributed by atoms with E-state index in [0.29, 0.717) is 46.9 Å². The van der Waals surface area contributed by atoms with Crippen LogP contribution in [0.3, 0.4) is 0 Å². The lowest BCUT2D eigenvalue weighted by Gasteiger charge is -2.26. The minimum Gasteiger partial charge on any atom is -0.438 e. The van der Waals surface area contributed by atoms with Crippen molar-refractivity contribution in [2.75, 3.05) is 94.7 Å². The summed E-state index contributed by atoms with van der Waals surface area (Å²) in [7, 11) is 0. The second kappa shape index (κ2) is 21.8. The molecule has 16 heteroatoms. The monoisotopic (exact) mass is 869 g/mol. The third-order valence-corrected chi connectivity index (χ3v) is 10.7. The third-order valence-electron chi connectivity index (χ3n) is 10.7. The smallest absolute Gasteiger partial charge is 0.324 e. The van der Waals surface area contributed by atoms with Gasteiger partial charge in [0, 0.05) is 98.1 Å². The standard InChI is InChI=1S/C42H45N9O4.C6H14N2O/c1-28-12-14-31(15-13-28)51-37(27-36(49-51)42(2,3)4)47-41(53)46-34-16-17-35(33-11-6-5-10-32(33)34)55-38-18-19-44-40(48-38)45-30-9-7-8-29(26-30)39(52)43-20-21-50-22-24-54-25-23-50;7-1-2-8-3-5-9-6-4-8/h5-19,26-27H,20-25H2,1-4H3,(H,43,52)(H,44,45,48)(H2,46,47,53);1-7H2. The Hall–Kier alpha value is -6.43. The number of ether oxygens (including phenoxy) is 3. The summed E-state index contributed by atoms with van der Waals surface area (Å²) in [4.78, 5) is 39.9. The highest BCUT2D eigenvalue weighted by Crippen LogP contribution is 2.35. The minimum absolute atomic E-state index is 0.152. The van der Waals surface area contributed by atoms with E-state index in [9.17, 15) is 9.59 Å². The number of hydrogen-bond donors (Lipinski definition) is 5. The van der Waals surface area contributed by atoms with Crippen LogP contribution in [-0.4, -0.2) is 120 Å². The van der Waals surface area contributed by atoms with Crippen molar-refractivity contribution < 1.29 is 23.8 Å². The van der Waals surface area contributed by atoms with Crippen LogP contribution in [0.4, 0.5) is 27.9 Å². The zero-order valence-electron chi connectivity index (χ0n) is 37.1. The van der Waals surface area contributed by atoms with Crippen molar-refractivity contribution >= 4 is 45.9 Å². The van der Waals surface area contributed by atoms with E-state index in [1.54, 1.807) is 41.2 Å². The summed E-state index contributed by atoms with van der Waals surface area (Å²) in [5, 5.41) is 18.6. The molecule has 0 unspecified atom stereocenters. The van der Waals surface area contributed by atoms with Crippen LogP contribution in [0.1, 0.15) is 42.4 Å². The van der Waals surface area contributed by atoms with Gasteiger partial charge in [-0.05, 0) is 49.4 Å². The van der Waals surface area contributed by atoms with Gasteiger partial charge in [0.15, 0.2) is 0 Å². The normalized spacial score (nSPS) is 14.6. The van der Waals surface area contributed by atoms with E-state index in [1.807, 2.05) is 73.7 Å². The summed E-state index contributed by atoms with van der Waals surface area (Å²) in [5.41, 5.74) is 9.78. The van der Waals surface area contributed by atoms with Crippen LogP contribution >= 0.6 is 0 Å². The fraction of sp³-hybridized carbons (Fsp3) is 0.354. The van der Waals surface area contributed by atoms with E-state index in [-0.39, 0.29) is 11.3 Å². The molecule has 4 aromatic carbocycles. The molecule has 0 atom stereocenters. The number of carbonyl (C=O) groups excluding carboxylic acids is 2. The average Bonchev–Trinajstić information content (AvgIpc) is 3.73. The zero-order chi connectivity index (χ0) is 44.9. The highest BCUT2D eigenvalue weighted by molar-refractivity contribution is 6.07. The molecule has 4 heterocycles. The number of anilines is 4. The molecule has 336 valence electrons. The summed E-state index contributed by atoms with van der Waals surface area (Å²) in [6.07, 6.45) is 1.60. The number of morpholine rings is 2. The van der Waals surface area contributed by atoms with Crippen molar-refractivity contribution in [3.63, 3.8) is 0 Å². The molecule has 16 nitrogen and oxygen atoms in total. The number of nitrogens with zero attached hydrogens (tertiary/aromatic N) is 6. The van der Waals surface area contributed by atoms with Gasteiger partial charge in [0.05, 0.1) is 43.5 Å². The predicted molar refractivity (Wildman–Crippen MR) is 251 cm³/mol. The first-order valence-corrected chi connectivity index (χ1v) is 21.8. The fourth-order valence-electron chi connectivity index (χ4n) is 7.16. The molecule has 6 aromatic rings. The molecule has 0 aliphatic carbocycles. The first-order chi connectivity index (χ1) is 31.0. The molecule has 2 aliphatic rings. The summed E-state index contributed by atoms with van der Waals surface area (Å²) < 4.78 is 18.6. The van der Waals surface area contributed by atoms with Crippen LogP contribution < -0.4 is 31.7 Å². The molecular formula is C48H59N11O5. The van der Waals surface area contributed by atoms with Crippen molar-refractivity contribution in [1.29, 1.82) is 0 Å². The van der Waals surface area contributed by atoms with Crippen molar-refractivity contribution in [1.82, 2.24) is 34.9 Å². The zero-order valence-corrected chi connectivity index (χ0v) is 37.1. The Labute approximate surface area is 374 Å². The van der Waals surface area contributed by atoms with E-state index < -0.39 is 6.03 Å². The van der Waals surface area contributed by atoms with Gasteiger partial charge >= 0.3 is 6.03 Å². The number of aryl methyl sites for hydroxylation is 1. The molecule has 0 saturated carbocycles. The first-order valence-electron chi connectivity index (χ1n) is 21.8. The van der Waals surface area contributed by atoms with Crippen molar-refractivity contribution in [2.45, 2.75) is 33.1 Å². The SMILES string of the molecule is Cc1ccc(-n2nc(C(C)(C)C)cc2NC(=O)Nc2ccc(Oc3ccnc(Nc4cccc(C(=O)NCCN5CCOCC5)c4)n3)c3ccccc23)cc1.NCCN1CCOCC1. The van der Waals surface area contributed by atoms with Crippen LogP contribution in [0.2, 0.25) is 0 Å². The molecule has 3 amide bonds. The number of benzene rings is 4. The number of rotatable bonds is 13. The molecule has 2 fully saturated rings. The lowest BCUT2D eigenvalue weighted by molar-refractivity contribution is 0.0383. The maximum Gasteiger partial charge on any atom is 0.324 e. The Morgan fingerprint density at radius 3 is 2.20 bits per heavy atom. The molecule has 6 N–H and O–H groups in total. The second-order valence-electron chi connectivity index (χ2n) is 16.6. The highest BCUT2D eigenvalue weighted by atomic mass is 16.5. The number of carbonyl (C=O) groups is 2. The van der Waals surface area contributed by atoms with E-state index in [2.05, 4.69) is 61.8 Å². The van der Waals surface area contributed by atoms with Gasteiger partial charge in [-0.3, -0.25) is 19.9 Å². The molecule has 2 aromatic heterocycles. The molecule has 64 heavy (non-hydrogen) atoms. The third kappa shape index (κ3) is 12.6. The maximum absolute atomic E-state index is 13.5. The van der Waals surface area contributed by atoms with Gasteiger partial charge in [-0.1, -0.05) is 68.8 Å². The molecule has 0 spiro atoms. The van der Waals surface area contributed by atoms with Gasteiger partial charge in [-0.15, -0.1) is 0 Å². The number of aromatic nitrogens is 4. The van der Waals surface area contributed by atoms with Crippen LogP contribution in [0.5, 0.6) is 11.6 Å². The molecule has 0 bridgehead atoms. The second-order valence-corrected chi connectivity index (χ2v) is 16.6. The Kier molecular flexibility index (Phi) is 15.5. The molecule has 8 rings (SSSR count). The van der Waals surface area contributed by atoms with Crippen molar-refractivity contribution in [3.05, 3.63) is 120 Å². The van der Waals surface area contributed by atoms with Gasteiger partial charge in [-0.2, -0.15) is 10.1 Å². The molecular weight excluding hydrogens is 811 g/mol. The maximum atomic E-state index is 13.5. The number of nitrogens with one attached hydrogen (secondary N) is 4. The lowest BCUT2D eigenvalue weighted by atomic mass is 9.92. The van der Waals surface area contributed by atoms with E-state index in [1.165, 1.54) is 0 Å². The fourth-order valence-corrected chi connectivity index (χ4v) is 7.16. The summed E-state index contributed by atoms with van der Waals surface area (Å²) in [6, 6.07) is 29.6. The average molecular weight is 870 g/mol. The number of hydrogen-bond acceptors (Lipinski definition) is 12. The summed E-state index contributed by atoms with van der Waals surface area (Å²) in [6.45, 7) is 18.4. The Morgan fingerprint density at radius 1 is 0.797 bits per heavy atom. The summed E-state index contributed by atoms with van der Waals surface area (Å²) >= 11 is 0. The van der Waals surface area contributed by atoms with E-state index in [4.69, 9.17) is 25.0 Å².